The topological polar surface area (TPSA) is 33.3 Å². The zero-order chi connectivity index (χ0) is 12.7. The first-order valence-electron chi connectivity index (χ1n) is 6.05. The average molecular weight is 254 g/mol. The Morgan fingerprint density at radius 3 is 2.71 bits per heavy atom. The molecule has 0 bridgehead atoms. The SMILES string of the molecule is COC1CNC(CNCCCCC(F)(F)F)C1. The molecule has 1 fully saturated rings. The average Bonchev–Trinajstić information content (AvgIpc) is 2.69. The van der Waals surface area contributed by atoms with Gasteiger partial charge in [0, 0.05) is 32.7 Å². The molecule has 0 aromatic carbocycles. The van der Waals surface area contributed by atoms with Crippen LogP contribution in [0.25, 0.3) is 0 Å². The summed E-state index contributed by atoms with van der Waals surface area (Å²) in [6.45, 7) is 2.30. The minimum absolute atomic E-state index is 0.204. The number of hydrogen-bond donors (Lipinski definition) is 2. The largest absolute Gasteiger partial charge is 0.389 e. The van der Waals surface area contributed by atoms with Crippen molar-refractivity contribution in [2.45, 2.75) is 44.0 Å². The molecule has 2 atom stereocenters. The summed E-state index contributed by atoms with van der Waals surface area (Å²) in [5.41, 5.74) is 0. The van der Waals surface area contributed by atoms with Gasteiger partial charge in [0.05, 0.1) is 6.10 Å². The molecule has 0 amide bonds. The molecule has 1 heterocycles. The number of halogens is 3. The van der Waals surface area contributed by atoms with Gasteiger partial charge < -0.3 is 15.4 Å². The first-order chi connectivity index (χ1) is 8.01. The molecule has 0 aliphatic carbocycles. The molecule has 1 aliphatic rings. The zero-order valence-corrected chi connectivity index (χ0v) is 10.1. The molecule has 2 N–H and O–H groups in total. The summed E-state index contributed by atoms with van der Waals surface area (Å²) >= 11 is 0. The van der Waals surface area contributed by atoms with Crippen LogP contribution >= 0.6 is 0 Å². The summed E-state index contributed by atoms with van der Waals surface area (Å²) < 4.78 is 40.8. The summed E-state index contributed by atoms with van der Waals surface area (Å²) in [4.78, 5) is 0. The molecule has 0 radical (unpaired) electrons. The van der Waals surface area contributed by atoms with Gasteiger partial charge in [0.2, 0.25) is 0 Å². The second-order valence-corrected chi connectivity index (χ2v) is 4.47. The van der Waals surface area contributed by atoms with E-state index in [1.54, 1.807) is 7.11 Å². The van der Waals surface area contributed by atoms with Crippen molar-refractivity contribution < 1.29 is 17.9 Å². The maximum Gasteiger partial charge on any atom is 0.389 e. The van der Waals surface area contributed by atoms with Crippen molar-refractivity contribution in [2.24, 2.45) is 0 Å². The maximum absolute atomic E-state index is 11.8. The molecule has 3 nitrogen and oxygen atoms in total. The van der Waals surface area contributed by atoms with Crippen LogP contribution in [0.4, 0.5) is 13.2 Å². The van der Waals surface area contributed by atoms with E-state index in [0.29, 0.717) is 19.0 Å². The standard InChI is InChI=1S/C11H21F3N2O/c1-17-10-6-9(16-8-10)7-15-5-3-2-4-11(12,13)14/h9-10,15-16H,2-8H2,1H3. The Morgan fingerprint density at radius 2 is 2.12 bits per heavy atom. The molecule has 0 saturated carbocycles. The Labute approximate surface area is 100 Å². The molecular formula is C11H21F3N2O. The second kappa shape index (κ2) is 7.18. The van der Waals surface area contributed by atoms with Crippen LogP contribution in [0, 0.1) is 0 Å². The third-order valence-electron chi connectivity index (χ3n) is 2.97. The monoisotopic (exact) mass is 254 g/mol. The quantitative estimate of drug-likeness (QED) is 0.678. The molecule has 6 heteroatoms. The molecule has 2 unspecified atom stereocenters. The van der Waals surface area contributed by atoms with Gasteiger partial charge in [0.25, 0.3) is 0 Å². The highest BCUT2D eigenvalue weighted by atomic mass is 19.4. The minimum atomic E-state index is -4.02. The van der Waals surface area contributed by atoms with E-state index in [2.05, 4.69) is 10.6 Å². The van der Waals surface area contributed by atoms with E-state index in [4.69, 9.17) is 4.74 Å². The molecule has 1 rings (SSSR count). The minimum Gasteiger partial charge on any atom is -0.380 e. The third kappa shape index (κ3) is 6.85. The van der Waals surface area contributed by atoms with Gasteiger partial charge in [-0.1, -0.05) is 0 Å². The van der Waals surface area contributed by atoms with E-state index in [1.807, 2.05) is 0 Å². The number of rotatable bonds is 7. The summed E-state index contributed by atoms with van der Waals surface area (Å²) in [7, 11) is 1.69. The molecule has 1 aliphatic heterocycles. The Morgan fingerprint density at radius 1 is 1.35 bits per heavy atom. The van der Waals surface area contributed by atoms with Crippen molar-refractivity contribution in [3.05, 3.63) is 0 Å². The van der Waals surface area contributed by atoms with E-state index in [1.165, 1.54) is 0 Å². The van der Waals surface area contributed by atoms with E-state index in [9.17, 15) is 13.2 Å². The summed E-state index contributed by atoms with van der Waals surface area (Å²) in [6, 6.07) is 0.377. The highest BCUT2D eigenvalue weighted by Crippen LogP contribution is 2.21. The number of alkyl halides is 3. The van der Waals surface area contributed by atoms with Gasteiger partial charge in [-0.25, -0.2) is 0 Å². The van der Waals surface area contributed by atoms with Gasteiger partial charge in [-0.3, -0.25) is 0 Å². The predicted molar refractivity (Wildman–Crippen MR) is 60.0 cm³/mol. The number of ether oxygens (including phenoxy) is 1. The summed E-state index contributed by atoms with van der Waals surface area (Å²) in [5.74, 6) is 0. The van der Waals surface area contributed by atoms with Gasteiger partial charge in [0.1, 0.15) is 0 Å². The first-order valence-corrected chi connectivity index (χ1v) is 6.05. The van der Waals surface area contributed by atoms with Crippen LogP contribution < -0.4 is 10.6 Å². The molecule has 0 aromatic rings. The molecule has 1 saturated heterocycles. The van der Waals surface area contributed by atoms with Crippen LogP contribution in [0.15, 0.2) is 0 Å². The zero-order valence-electron chi connectivity index (χ0n) is 10.1. The Balaban J connectivity index is 1.91. The van der Waals surface area contributed by atoms with E-state index >= 15 is 0 Å². The number of unbranched alkanes of at least 4 members (excludes halogenated alkanes) is 1. The smallest absolute Gasteiger partial charge is 0.380 e. The summed E-state index contributed by atoms with van der Waals surface area (Å²) in [6.07, 6.45) is -2.69. The molecule has 102 valence electrons. The van der Waals surface area contributed by atoms with Crippen molar-refractivity contribution in [1.82, 2.24) is 10.6 Å². The number of nitrogens with one attached hydrogen (secondary N) is 2. The Hall–Kier alpha value is -0.330. The van der Waals surface area contributed by atoms with Crippen LogP contribution in [-0.4, -0.2) is 45.1 Å². The Kier molecular flexibility index (Phi) is 6.22. The first kappa shape index (κ1) is 14.7. The van der Waals surface area contributed by atoms with E-state index in [0.717, 1.165) is 19.5 Å². The van der Waals surface area contributed by atoms with Crippen molar-refractivity contribution in [3.8, 4) is 0 Å². The van der Waals surface area contributed by atoms with Gasteiger partial charge in [-0.15, -0.1) is 0 Å². The van der Waals surface area contributed by atoms with Gasteiger partial charge in [0.15, 0.2) is 0 Å². The Bertz CT molecular complexity index is 211. The maximum atomic E-state index is 11.8. The van der Waals surface area contributed by atoms with Crippen LogP contribution in [-0.2, 0) is 4.74 Å². The lowest BCUT2D eigenvalue weighted by atomic mass is 10.2. The van der Waals surface area contributed by atoms with Crippen LogP contribution in [0.5, 0.6) is 0 Å². The van der Waals surface area contributed by atoms with E-state index in [-0.39, 0.29) is 12.5 Å². The van der Waals surface area contributed by atoms with Gasteiger partial charge in [-0.2, -0.15) is 13.2 Å². The van der Waals surface area contributed by atoms with Crippen molar-refractivity contribution in [1.29, 1.82) is 0 Å². The van der Waals surface area contributed by atoms with Crippen LogP contribution in [0.1, 0.15) is 25.7 Å². The molecule has 17 heavy (non-hydrogen) atoms. The molecule has 0 spiro atoms. The second-order valence-electron chi connectivity index (χ2n) is 4.47. The fourth-order valence-corrected chi connectivity index (χ4v) is 1.97. The van der Waals surface area contributed by atoms with Crippen LogP contribution in [0.3, 0.4) is 0 Å². The summed E-state index contributed by atoms with van der Waals surface area (Å²) in [5, 5.41) is 6.48. The van der Waals surface area contributed by atoms with Crippen LogP contribution in [0.2, 0.25) is 0 Å². The van der Waals surface area contributed by atoms with E-state index < -0.39 is 12.6 Å². The van der Waals surface area contributed by atoms with Crippen molar-refractivity contribution in [3.63, 3.8) is 0 Å². The van der Waals surface area contributed by atoms with Gasteiger partial charge in [-0.05, 0) is 25.8 Å². The lowest BCUT2D eigenvalue weighted by Crippen LogP contribution is -2.34. The molecular weight excluding hydrogens is 233 g/mol. The lowest BCUT2D eigenvalue weighted by molar-refractivity contribution is -0.135. The highest BCUT2D eigenvalue weighted by Gasteiger charge is 2.26. The number of methoxy groups -OCH3 is 1. The van der Waals surface area contributed by atoms with Gasteiger partial charge >= 0.3 is 6.18 Å². The van der Waals surface area contributed by atoms with Crippen molar-refractivity contribution >= 4 is 0 Å². The fourth-order valence-electron chi connectivity index (χ4n) is 1.97. The lowest BCUT2D eigenvalue weighted by Gasteiger charge is -2.12. The third-order valence-corrected chi connectivity index (χ3v) is 2.97. The predicted octanol–water partition coefficient (Wildman–Crippen LogP) is 1.69. The highest BCUT2D eigenvalue weighted by molar-refractivity contribution is 4.83. The molecule has 0 aromatic heterocycles. The van der Waals surface area contributed by atoms with Crippen molar-refractivity contribution in [2.75, 3.05) is 26.7 Å². The number of hydrogen-bond acceptors (Lipinski definition) is 3. The normalized spacial score (nSPS) is 25.4. The fraction of sp³-hybridized carbons (Fsp3) is 1.00.